The molecule has 1 aliphatic rings. The minimum absolute atomic E-state index is 0.183. The Morgan fingerprint density at radius 3 is 2.39 bits per heavy atom. The summed E-state index contributed by atoms with van der Waals surface area (Å²) in [6.45, 7) is 3.41. The molecule has 1 aliphatic heterocycles. The zero-order chi connectivity index (χ0) is 23.5. The molecular formula is C23H22Cl2N4O4. The molecule has 0 radical (unpaired) electrons. The fourth-order valence-corrected chi connectivity index (χ4v) is 4.35. The van der Waals surface area contributed by atoms with Crippen LogP contribution in [0.15, 0.2) is 42.5 Å². The van der Waals surface area contributed by atoms with Gasteiger partial charge in [0.15, 0.2) is 5.69 Å². The molecule has 1 fully saturated rings. The van der Waals surface area contributed by atoms with Crippen molar-refractivity contribution in [2.75, 3.05) is 13.1 Å². The number of carbonyl (C=O) groups excluding carboxylic acids is 1. The summed E-state index contributed by atoms with van der Waals surface area (Å²) in [5, 5.41) is 16.2. The van der Waals surface area contributed by atoms with E-state index in [4.69, 9.17) is 33.0 Å². The van der Waals surface area contributed by atoms with Gasteiger partial charge in [0.05, 0.1) is 16.4 Å². The molecule has 0 spiro atoms. The van der Waals surface area contributed by atoms with E-state index in [-0.39, 0.29) is 17.4 Å². The number of rotatable bonds is 5. The zero-order valence-corrected chi connectivity index (χ0v) is 19.4. The number of piperidine rings is 1. The molecule has 0 atom stereocenters. The lowest BCUT2D eigenvalue weighted by atomic mass is 10.1. The largest absolute Gasteiger partial charge is 0.511 e. The summed E-state index contributed by atoms with van der Waals surface area (Å²) in [6.07, 6.45) is 1.82. The highest BCUT2D eigenvalue weighted by Gasteiger charge is 2.25. The summed E-state index contributed by atoms with van der Waals surface area (Å²) in [7, 11) is 0. The SMILES string of the molecule is Cc1c(C(=O)NN2CCCCC2)nn(-c2ccc(Cl)cc2Cl)c1-c1ccc(OC(=O)O)cc1. The maximum absolute atomic E-state index is 13.1. The van der Waals surface area contributed by atoms with Crippen LogP contribution in [0.3, 0.4) is 0 Å². The van der Waals surface area contributed by atoms with Gasteiger partial charge in [-0.1, -0.05) is 29.6 Å². The number of carbonyl (C=O) groups is 2. The van der Waals surface area contributed by atoms with Crippen LogP contribution in [-0.4, -0.2) is 45.0 Å². The first-order valence-corrected chi connectivity index (χ1v) is 11.2. The monoisotopic (exact) mass is 488 g/mol. The summed E-state index contributed by atoms with van der Waals surface area (Å²) in [5.74, 6) is -0.118. The lowest BCUT2D eigenvalue weighted by Gasteiger charge is -2.26. The van der Waals surface area contributed by atoms with Crippen LogP contribution in [0.5, 0.6) is 5.75 Å². The number of carboxylic acid groups (broad SMARTS) is 1. The van der Waals surface area contributed by atoms with Crippen LogP contribution < -0.4 is 10.2 Å². The van der Waals surface area contributed by atoms with Crippen LogP contribution in [0.2, 0.25) is 10.0 Å². The Bertz CT molecular complexity index is 1190. The second-order valence-electron chi connectivity index (χ2n) is 7.71. The quantitative estimate of drug-likeness (QED) is 0.371. The summed E-state index contributed by atoms with van der Waals surface area (Å²) < 4.78 is 6.30. The maximum atomic E-state index is 13.1. The number of ether oxygens (including phenoxy) is 1. The van der Waals surface area contributed by atoms with Gasteiger partial charge in [-0.25, -0.2) is 14.5 Å². The molecule has 2 heterocycles. The van der Waals surface area contributed by atoms with Crippen molar-refractivity contribution < 1.29 is 19.4 Å². The molecule has 0 bridgehead atoms. The average Bonchev–Trinajstić information content (AvgIpc) is 3.11. The van der Waals surface area contributed by atoms with Crippen molar-refractivity contribution in [1.82, 2.24) is 20.2 Å². The Morgan fingerprint density at radius 2 is 1.76 bits per heavy atom. The molecule has 10 heteroatoms. The van der Waals surface area contributed by atoms with Gasteiger partial charge in [-0.3, -0.25) is 10.2 Å². The Kier molecular flexibility index (Phi) is 6.88. The number of nitrogens with one attached hydrogen (secondary N) is 1. The smallest absolute Gasteiger partial charge is 0.449 e. The Morgan fingerprint density at radius 1 is 1.06 bits per heavy atom. The molecule has 172 valence electrons. The third-order valence-electron chi connectivity index (χ3n) is 5.42. The lowest BCUT2D eigenvalue weighted by molar-refractivity contribution is 0.0743. The van der Waals surface area contributed by atoms with Gasteiger partial charge in [-0.2, -0.15) is 5.10 Å². The predicted molar refractivity (Wildman–Crippen MR) is 125 cm³/mol. The topological polar surface area (TPSA) is 96.7 Å². The van der Waals surface area contributed by atoms with E-state index in [1.54, 1.807) is 35.0 Å². The average molecular weight is 489 g/mol. The standard InChI is InChI=1S/C23H22Cl2N4O4/c1-14-20(22(30)27-28-11-3-2-4-12-28)26-29(19-10-7-16(24)13-18(19)25)21(14)15-5-8-17(9-6-15)33-23(31)32/h5-10,13H,2-4,11-12H2,1H3,(H,27,30)(H,31,32). The van der Waals surface area contributed by atoms with Crippen LogP contribution in [0.25, 0.3) is 16.9 Å². The highest BCUT2D eigenvalue weighted by molar-refractivity contribution is 6.35. The van der Waals surface area contributed by atoms with Crippen LogP contribution in [0, 0.1) is 6.92 Å². The third-order valence-corrected chi connectivity index (χ3v) is 5.96. The first kappa shape index (κ1) is 23.1. The first-order valence-electron chi connectivity index (χ1n) is 10.5. The number of amides is 1. The molecule has 1 saturated heterocycles. The Labute approximate surface area is 200 Å². The molecule has 4 rings (SSSR count). The van der Waals surface area contributed by atoms with Gasteiger partial charge in [0.2, 0.25) is 0 Å². The molecule has 3 aromatic rings. The summed E-state index contributed by atoms with van der Waals surface area (Å²) in [5.41, 5.74) is 5.79. The third kappa shape index (κ3) is 5.13. The molecule has 1 aromatic heterocycles. The van der Waals surface area contributed by atoms with Crippen molar-refractivity contribution in [2.45, 2.75) is 26.2 Å². The molecule has 1 amide bonds. The molecule has 8 nitrogen and oxygen atoms in total. The fourth-order valence-electron chi connectivity index (χ4n) is 3.86. The van der Waals surface area contributed by atoms with Gasteiger partial charge < -0.3 is 9.84 Å². The van der Waals surface area contributed by atoms with Gasteiger partial charge in [0.25, 0.3) is 5.91 Å². The van der Waals surface area contributed by atoms with Gasteiger partial charge >= 0.3 is 6.16 Å². The number of aromatic nitrogens is 2. The molecule has 0 saturated carbocycles. The van der Waals surface area contributed by atoms with E-state index in [0.29, 0.717) is 32.6 Å². The number of nitrogens with zero attached hydrogens (tertiary/aromatic N) is 3. The number of hydrogen-bond donors (Lipinski definition) is 2. The number of hydrogen-bond acceptors (Lipinski definition) is 5. The summed E-state index contributed by atoms with van der Waals surface area (Å²) >= 11 is 12.5. The van der Waals surface area contributed by atoms with E-state index in [9.17, 15) is 9.59 Å². The molecule has 33 heavy (non-hydrogen) atoms. The normalized spacial score (nSPS) is 14.2. The lowest BCUT2D eigenvalue weighted by Crippen LogP contribution is -2.45. The van der Waals surface area contributed by atoms with E-state index in [2.05, 4.69) is 10.5 Å². The van der Waals surface area contributed by atoms with Gasteiger partial charge in [-0.05, 0) is 62.2 Å². The Balaban J connectivity index is 1.77. The van der Waals surface area contributed by atoms with Crippen LogP contribution in [0.4, 0.5) is 4.79 Å². The number of benzene rings is 2. The van der Waals surface area contributed by atoms with Crippen molar-refractivity contribution in [2.24, 2.45) is 0 Å². The minimum Gasteiger partial charge on any atom is -0.449 e. The van der Waals surface area contributed by atoms with E-state index in [1.165, 1.54) is 12.1 Å². The highest BCUT2D eigenvalue weighted by atomic mass is 35.5. The van der Waals surface area contributed by atoms with Crippen molar-refractivity contribution >= 4 is 35.3 Å². The second-order valence-corrected chi connectivity index (χ2v) is 8.55. The molecule has 2 N–H and O–H groups in total. The van der Waals surface area contributed by atoms with E-state index < -0.39 is 6.16 Å². The Hall–Kier alpha value is -3.07. The van der Waals surface area contributed by atoms with Gasteiger partial charge in [0, 0.05) is 29.2 Å². The molecular weight excluding hydrogens is 467 g/mol. The zero-order valence-electron chi connectivity index (χ0n) is 17.8. The van der Waals surface area contributed by atoms with Crippen LogP contribution in [0.1, 0.15) is 35.3 Å². The minimum atomic E-state index is -1.39. The maximum Gasteiger partial charge on any atom is 0.511 e. The first-order chi connectivity index (χ1) is 15.8. The summed E-state index contributed by atoms with van der Waals surface area (Å²) in [4.78, 5) is 23.9. The number of halogens is 2. The van der Waals surface area contributed by atoms with Crippen molar-refractivity contribution in [3.05, 3.63) is 63.8 Å². The summed E-state index contributed by atoms with van der Waals surface area (Å²) in [6, 6.07) is 11.5. The fraction of sp³-hybridized carbons (Fsp3) is 0.261. The van der Waals surface area contributed by atoms with E-state index >= 15 is 0 Å². The second kappa shape index (κ2) is 9.82. The number of hydrazine groups is 1. The highest BCUT2D eigenvalue weighted by Crippen LogP contribution is 2.33. The van der Waals surface area contributed by atoms with Gasteiger partial charge in [0.1, 0.15) is 5.75 Å². The van der Waals surface area contributed by atoms with Crippen molar-refractivity contribution in [3.63, 3.8) is 0 Å². The predicted octanol–water partition coefficient (Wildman–Crippen LogP) is 5.34. The van der Waals surface area contributed by atoms with Crippen LogP contribution in [-0.2, 0) is 0 Å². The van der Waals surface area contributed by atoms with E-state index in [0.717, 1.165) is 32.4 Å². The van der Waals surface area contributed by atoms with Crippen molar-refractivity contribution in [3.8, 4) is 22.7 Å². The van der Waals surface area contributed by atoms with Crippen LogP contribution >= 0.6 is 23.2 Å². The van der Waals surface area contributed by atoms with Crippen molar-refractivity contribution in [1.29, 1.82) is 0 Å². The molecule has 0 unspecified atom stereocenters. The molecule has 2 aromatic carbocycles. The molecule has 0 aliphatic carbocycles. The van der Waals surface area contributed by atoms with Gasteiger partial charge in [-0.15, -0.1) is 0 Å². The van der Waals surface area contributed by atoms with E-state index in [1.807, 2.05) is 11.9 Å².